The number of likely N-dealkylation sites (tertiary alicyclic amines) is 1. The molecule has 4 heteroatoms. The lowest BCUT2D eigenvalue weighted by molar-refractivity contribution is 0.136. The molecule has 0 bridgehead atoms. The van der Waals surface area contributed by atoms with E-state index in [1.54, 1.807) is 0 Å². The summed E-state index contributed by atoms with van der Waals surface area (Å²) in [5.74, 6) is 0. The molecule has 0 radical (unpaired) electrons. The van der Waals surface area contributed by atoms with Gasteiger partial charge in [-0.05, 0) is 39.8 Å². The summed E-state index contributed by atoms with van der Waals surface area (Å²) in [4.78, 5) is 2.47. The van der Waals surface area contributed by atoms with E-state index >= 15 is 0 Å². The van der Waals surface area contributed by atoms with Crippen LogP contribution in [0.5, 0.6) is 0 Å². The normalized spacial score (nSPS) is 26.6. The van der Waals surface area contributed by atoms with Crippen LogP contribution in [0.3, 0.4) is 0 Å². The molecule has 1 fully saturated rings. The Hall–Kier alpha value is -0.870. The minimum Gasteiger partial charge on any atom is -0.326 e. The van der Waals surface area contributed by atoms with Gasteiger partial charge in [-0.3, -0.25) is 9.58 Å². The van der Waals surface area contributed by atoms with E-state index in [0.29, 0.717) is 12.1 Å². The highest BCUT2D eigenvalue weighted by molar-refractivity contribution is 5.15. The fourth-order valence-corrected chi connectivity index (χ4v) is 2.70. The highest BCUT2D eigenvalue weighted by Crippen LogP contribution is 2.29. The molecule has 2 rings (SSSR count). The summed E-state index contributed by atoms with van der Waals surface area (Å²) < 4.78 is 2.02. The molecule has 2 atom stereocenters. The van der Waals surface area contributed by atoms with E-state index in [0.717, 1.165) is 19.5 Å². The van der Waals surface area contributed by atoms with E-state index in [1.807, 2.05) is 10.9 Å². The topological polar surface area (TPSA) is 47.1 Å². The third-order valence-corrected chi connectivity index (χ3v) is 3.68. The smallest absolute Gasteiger partial charge is 0.0538 e. The maximum absolute atomic E-state index is 6.28. The molecule has 0 aliphatic carbocycles. The van der Waals surface area contributed by atoms with Crippen molar-refractivity contribution in [2.24, 2.45) is 5.73 Å². The average Bonchev–Trinajstić information content (AvgIpc) is 2.77. The van der Waals surface area contributed by atoms with Crippen LogP contribution in [-0.2, 0) is 0 Å². The Morgan fingerprint density at radius 1 is 1.53 bits per heavy atom. The molecule has 2 N–H and O–H groups in total. The van der Waals surface area contributed by atoms with Gasteiger partial charge in [-0.2, -0.15) is 5.10 Å². The molecule has 1 aromatic rings. The number of likely N-dealkylation sites (N-methyl/N-ethyl adjacent to an activating group) is 1. The van der Waals surface area contributed by atoms with Crippen molar-refractivity contribution in [1.82, 2.24) is 14.7 Å². The fraction of sp³-hybridized carbons (Fsp3) is 0.769. The quantitative estimate of drug-likeness (QED) is 0.872. The number of hydrogen-bond acceptors (Lipinski definition) is 3. The molecule has 96 valence electrons. The van der Waals surface area contributed by atoms with Gasteiger partial charge in [0.05, 0.1) is 12.2 Å². The van der Waals surface area contributed by atoms with Crippen LogP contribution in [0.1, 0.15) is 51.3 Å². The number of hydrogen-bond donors (Lipinski definition) is 1. The third kappa shape index (κ3) is 2.53. The van der Waals surface area contributed by atoms with Crippen molar-refractivity contribution >= 4 is 0 Å². The van der Waals surface area contributed by atoms with Crippen LogP contribution in [0, 0.1) is 0 Å². The lowest BCUT2D eigenvalue weighted by atomic mass is 9.93. The first-order valence-corrected chi connectivity index (χ1v) is 6.67. The van der Waals surface area contributed by atoms with Gasteiger partial charge in [0.2, 0.25) is 0 Å². The molecule has 1 saturated heterocycles. The minimum absolute atomic E-state index is 0.244. The Morgan fingerprint density at radius 3 is 2.88 bits per heavy atom. The van der Waals surface area contributed by atoms with Gasteiger partial charge in [0, 0.05) is 23.8 Å². The lowest BCUT2D eigenvalue weighted by Gasteiger charge is -2.38. The van der Waals surface area contributed by atoms with Gasteiger partial charge in [-0.25, -0.2) is 0 Å². The number of nitrogens with zero attached hydrogens (tertiary/aromatic N) is 3. The standard InChI is InChI=1S/C13H24N4/c1-4-16-7-5-6-12(14)13(16)11-8-15-17(9-11)10(2)3/h8-10,12-13H,4-7,14H2,1-3H3. The Labute approximate surface area is 104 Å². The van der Waals surface area contributed by atoms with Crippen LogP contribution in [0.2, 0.25) is 0 Å². The summed E-state index contributed by atoms with van der Waals surface area (Å²) in [7, 11) is 0. The first-order chi connectivity index (χ1) is 8.13. The van der Waals surface area contributed by atoms with Gasteiger partial charge in [0.25, 0.3) is 0 Å². The van der Waals surface area contributed by atoms with Crippen LogP contribution < -0.4 is 5.73 Å². The lowest BCUT2D eigenvalue weighted by Crippen LogP contribution is -2.45. The zero-order valence-electron chi connectivity index (χ0n) is 11.1. The average molecular weight is 236 g/mol. The van der Waals surface area contributed by atoms with Crippen molar-refractivity contribution in [3.8, 4) is 0 Å². The predicted molar refractivity (Wildman–Crippen MR) is 69.8 cm³/mol. The monoisotopic (exact) mass is 236 g/mol. The Balaban J connectivity index is 2.22. The number of nitrogens with two attached hydrogens (primary N) is 1. The van der Waals surface area contributed by atoms with Crippen molar-refractivity contribution in [2.75, 3.05) is 13.1 Å². The molecule has 2 unspecified atom stereocenters. The largest absolute Gasteiger partial charge is 0.326 e. The highest BCUT2D eigenvalue weighted by atomic mass is 15.3. The first-order valence-electron chi connectivity index (χ1n) is 6.67. The second-order valence-electron chi connectivity index (χ2n) is 5.23. The summed E-state index contributed by atoms with van der Waals surface area (Å²) in [5.41, 5.74) is 7.55. The zero-order valence-corrected chi connectivity index (χ0v) is 11.1. The summed E-state index contributed by atoms with van der Waals surface area (Å²) in [6, 6.07) is 1.01. The number of piperidine rings is 1. The van der Waals surface area contributed by atoms with Gasteiger partial charge in [-0.1, -0.05) is 6.92 Å². The molecule has 2 heterocycles. The van der Waals surface area contributed by atoms with Crippen LogP contribution in [-0.4, -0.2) is 33.8 Å². The van der Waals surface area contributed by atoms with Crippen LogP contribution in [0.4, 0.5) is 0 Å². The molecule has 0 amide bonds. The second-order valence-corrected chi connectivity index (χ2v) is 5.23. The van der Waals surface area contributed by atoms with E-state index in [2.05, 4.69) is 37.0 Å². The molecule has 1 aliphatic heterocycles. The van der Waals surface area contributed by atoms with Crippen LogP contribution >= 0.6 is 0 Å². The van der Waals surface area contributed by atoms with Crippen LogP contribution in [0.15, 0.2) is 12.4 Å². The number of aromatic nitrogens is 2. The maximum atomic E-state index is 6.28. The molecule has 0 spiro atoms. The van der Waals surface area contributed by atoms with Crippen molar-refractivity contribution in [2.45, 2.75) is 51.7 Å². The Bertz CT molecular complexity index is 358. The van der Waals surface area contributed by atoms with Gasteiger partial charge >= 0.3 is 0 Å². The summed E-state index contributed by atoms with van der Waals surface area (Å²) in [6.45, 7) is 8.72. The van der Waals surface area contributed by atoms with Crippen molar-refractivity contribution in [3.63, 3.8) is 0 Å². The maximum Gasteiger partial charge on any atom is 0.0538 e. The SMILES string of the molecule is CCN1CCCC(N)C1c1cnn(C(C)C)c1. The third-order valence-electron chi connectivity index (χ3n) is 3.68. The van der Waals surface area contributed by atoms with E-state index in [-0.39, 0.29) is 6.04 Å². The van der Waals surface area contributed by atoms with E-state index in [9.17, 15) is 0 Å². The molecule has 0 aromatic carbocycles. The molecular weight excluding hydrogens is 212 g/mol. The molecule has 1 aliphatic rings. The first kappa shape index (κ1) is 12.6. The van der Waals surface area contributed by atoms with Crippen molar-refractivity contribution in [1.29, 1.82) is 0 Å². The van der Waals surface area contributed by atoms with Gasteiger partial charge in [0.15, 0.2) is 0 Å². The van der Waals surface area contributed by atoms with Gasteiger partial charge in [-0.15, -0.1) is 0 Å². The molecular formula is C13H24N4. The molecule has 0 saturated carbocycles. The number of rotatable bonds is 3. The second kappa shape index (κ2) is 5.19. The van der Waals surface area contributed by atoms with Crippen molar-refractivity contribution < 1.29 is 0 Å². The van der Waals surface area contributed by atoms with Gasteiger partial charge in [0.1, 0.15) is 0 Å². The molecule has 17 heavy (non-hydrogen) atoms. The van der Waals surface area contributed by atoms with Gasteiger partial charge < -0.3 is 5.73 Å². The summed E-state index contributed by atoms with van der Waals surface area (Å²) >= 11 is 0. The Kier molecular flexibility index (Phi) is 3.84. The zero-order chi connectivity index (χ0) is 12.4. The van der Waals surface area contributed by atoms with E-state index in [1.165, 1.54) is 12.0 Å². The molecule has 4 nitrogen and oxygen atoms in total. The van der Waals surface area contributed by atoms with Crippen molar-refractivity contribution in [3.05, 3.63) is 18.0 Å². The van der Waals surface area contributed by atoms with E-state index < -0.39 is 0 Å². The predicted octanol–water partition coefficient (Wildman–Crippen LogP) is 1.95. The van der Waals surface area contributed by atoms with Crippen LogP contribution in [0.25, 0.3) is 0 Å². The fourth-order valence-electron chi connectivity index (χ4n) is 2.70. The highest BCUT2D eigenvalue weighted by Gasteiger charge is 2.30. The Morgan fingerprint density at radius 2 is 2.29 bits per heavy atom. The minimum atomic E-state index is 0.244. The molecule has 1 aromatic heterocycles. The summed E-state index contributed by atoms with van der Waals surface area (Å²) in [6.07, 6.45) is 6.47. The van der Waals surface area contributed by atoms with E-state index in [4.69, 9.17) is 5.73 Å². The summed E-state index contributed by atoms with van der Waals surface area (Å²) in [5, 5.41) is 4.43.